The maximum atomic E-state index is 10.4. The van der Waals surface area contributed by atoms with E-state index in [1.54, 1.807) is 0 Å². The van der Waals surface area contributed by atoms with Crippen LogP contribution in [0.15, 0.2) is 18.2 Å². The summed E-state index contributed by atoms with van der Waals surface area (Å²) >= 11 is 0. The fourth-order valence-electron chi connectivity index (χ4n) is 2.25. The second-order valence-corrected chi connectivity index (χ2v) is 5.25. The van der Waals surface area contributed by atoms with E-state index in [1.165, 1.54) is 12.8 Å². The highest BCUT2D eigenvalue weighted by Gasteiger charge is 2.26. The fourth-order valence-corrected chi connectivity index (χ4v) is 2.25. The lowest BCUT2D eigenvalue weighted by molar-refractivity contribution is 0.134. The topological polar surface area (TPSA) is 50.7 Å². The summed E-state index contributed by atoms with van der Waals surface area (Å²) in [7, 11) is 0. The average molecular weight is 279 g/mol. The van der Waals surface area contributed by atoms with E-state index >= 15 is 0 Å². The predicted octanol–water partition coefficient (Wildman–Crippen LogP) is 2.66. The Morgan fingerprint density at radius 3 is 2.45 bits per heavy atom. The normalized spacial score (nSPS) is 17.6. The molecule has 0 bridgehead atoms. The van der Waals surface area contributed by atoms with Crippen LogP contribution in [-0.4, -0.2) is 30.4 Å². The first-order chi connectivity index (χ1) is 9.65. The fraction of sp³-hybridized carbons (Fsp3) is 0.625. The standard InChI is InChI=1S/C16H25NO3/c1-4-19-14-9-6-12(10-15(14)20-5-2)16(18)11(3)17-13-7-8-13/h6,9-11,13,16-18H,4-5,7-8H2,1-3H3. The van der Waals surface area contributed by atoms with Gasteiger partial charge in [-0.1, -0.05) is 6.07 Å². The van der Waals surface area contributed by atoms with Crippen molar-refractivity contribution in [2.75, 3.05) is 13.2 Å². The molecule has 112 valence electrons. The highest BCUT2D eigenvalue weighted by molar-refractivity contribution is 5.44. The number of aliphatic hydroxyl groups is 1. The monoisotopic (exact) mass is 279 g/mol. The van der Waals surface area contributed by atoms with Crippen molar-refractivity contribution in [2.24, 2.45) is 0 Å². The molecule has 1 aromatic rings. The SMILES string of the molecule is CCOc1ccc(C(O)C(C)NC2CC2)cc1OCC. The zero-order chi connectivity index (χ0) is 14.5. The Morgan fingerprint density at radius 1 is 1.20 bits per heavy atom. The number of ether oxygens (including phenoxy) is 2. The molecular weight excluding hydrogens is 254 g/mol. The molecule has 2 N–H and O–H groups in total. The number of hydrogen-bond donors (Lipinski definition) is 2. The minimum Gasteiger partial charge on any atom is -0.490 e. The van der Waals surface area contributed by atoms with Crippen LogP contribution in [-0.2, 0) is 0 Å². The van der Waals surface area contributed by atoms with Gasteiger partial charge >= 0.3 is 0 Å². The summed E-state index contributed by atoms with van der Waals surface area (Å²) in [5.74, 6) is 1.43. The maximum Gasteiger partial charge on any atom is 0.161 e. The second-order valence-electron chi connectivity index (χ2n) is 5.25. The van der Waals surface area contributed by atoms with Crippen molar-refractivity contribution in [2.45, 2.75) is 51.8 Å². The van der Waals surface area contributed by atoms with Crippen LogP contribution >= 0.6 is 0 Å². The molecule has 1 aliphatic rings. The van der Waals surface area contributed by atoms with Crippen molar-refractivity contribution in [3.63, 3.8) is 0 Å². The van der Waals surface area contributed by atoms with E-state index in [0.717, 1.165) is 11.3 Å². The summed E-state index contributed by atoms with van der Waals surface area (Å²) in [6.07, 6.45) is 1.89. The molecule has 1 aromatic carbocycles. The lowest BCUT2D eigenvalue weighted by atomic mass is 10.0. The molecule has 0 amide bonds. The Bertz CT molecular complexity index is 432. The molecular formula is C16H25NO3. The molecule has 0 aromatic heterocycles. The van der Waals surface area contributed by atoms with Crippen LogP contribution in [0.2, 0.25) is 0 Å². The second kappa shape index (κ2) is 6.95. The summed E-state index contributed by atoms with van der Waals surface area (Å²) in [6.45, 7) is 7.08. The zero-order valence-corrected chi connectivity index (χ0v) is 12.6. The molecule has 1 saturated carbocycles. The summed E-state index contributed by atoms with van der Waals surface area (Å²) in [5.41, 5.74) is 0.859. The van der Waals surface area contributed by atoms with Crippen LogP contribution < -0.4 is 14.8 Å². The first kappa shape index (κ1) is 15.1. The number of aliphatic hydroxyl groups excluding tert-OH is 1. The van der Waals surface area contributed by atoms with Crippen LogP contribution in [0.5, 0.6) is 11.5 Å². The molecule has 0 radical (unpaired) electrons. The molecule has 0 heterocycles. The molecule has 0 saturated heterocycles. The number of nitrogens with one attached hydrogen (secondary N) is 1. The molecule has 0 spiro atoms. The average Bonchev–Trinajstić information content (AvgIpc) is 3.24. The van der Waals surface area contributed by atoms with E-state index in [2.05, 4.69) is 5.32 Å². The van der Waals surface area contributed by atoms with Crippen molar-refractivity contribution >= 4 is 0 Å². The first-order valence-electron chi connectivity index (χ1n) is 7.49. The van der Waals surface area contributed by atoms with E-state index < -0.39 is 6.10 Å². The van der Waals surface area contributed by atoms with Crippen LogP contribution in [0.25, 0.3) is 0 Å². The molecule has 2 rings (SSSR count). The van der Waals surface area contributed by atoms with Gasteiger partial charge in [0.15, 0.2) is 11.5 Å². The van der Waals surface area contributed by atoms with Gasteiger partial charge in [-0.05, 0) is 51.3 Å². The van der Waals surface area contributed by atoms with Crippen LogP contribution in [0, 0.1) is 0 Å². The lowest BCUT2D eigenvalue weighted by Gasteiger charge is -2.22. The lowest BCUT2D eigenvalue weighted by Crippen LogP contribution is -2.33. The van der Waals surface area contributed by atoms with Gasteiger partial charge in [-0.15, -0.1) is 0 Å². The van der Waals surface area contributed by atoms with Crippen molar-refractivity contribution < 1.29 is 14.6 Å². The number of benzene rings is 1. The Balaban J connectivity index is 2.11. The minimum atomic E-state index is -0.537. The molecule has 2 unspecified atom stereocenters. The predicted molar refractivity (Wildman–Crippen MR) is 79.4 cm³/mol. The van der Waals surface area contributed by atoms with Gasteiger partial charge in [-0.25, -0.2) is 0 Å². The van der Waals surface area contributed by atoms with E-state index in [-0.39, 0.29) is 6.04 Å². The van der Waals surface area contributed by atoms with Crippen molar-refractivity contribution in [3.8, 4) is 11.5 Å². The van der Waals surface area contributed by atoms with Crippen molar-refractivity contribution in [1.29, 1.82) is 0 Å². The molecule has 1 fully saturated rings. The smallest absolute Gasteiger partial charge is 0.161 e. The summed E-state index contributed by atoms with van der Waals surface area (Å²) in [6, 6.07) is 6.27. The third-order valence-electron chi connectivity index (χ3n) is 3.46. The third-order valence-corrected chi connectivity index (χ3v) is 3.46. The summed E-state index contributed by atoms with van der Waals surface area (Å²) in [4.78, 5) is 0. The van der Waals surface area contributed by atoms with Gasteiger partial charge in [0.05, 0.1) is 19.3 Å². The molecule has 1 aliphatic carbocycles. The van der Waals surface area contributed by atoms with Crippen LogP contribution in [0.3, 0.4) is 0 Å². The maximum absolute atomic E-state index is 10.4. The molecule has 4 heteroatoms. The van der Waals surface area contributed by atoms with Crippen molar-refractivity contribution in [3.05, 3.63) is 23.8 Å². The van der Waals surface area contributed by atoms with E-state index in [0.29, 0.717) is 25.0 Å². The molecule has 20 heavy (non-hydrogen) atoms. The van der Waals surface area contributed by atoms with Crippen molar-refractivity contribution in [1.82, 2.24) is 5.32 Å². The number of rotatable bonds is 8. The minimum absolute atomic E-state index is 0.0370. The Morgan fingerprint density at radius 2 is 1.85 bits per heavy atom. The van der Waals surface area contributed by atoms with E-state index in [9.17, 15) is 5.11 Å². The quantitative estimate of drug-likeness (QED) is 0.768. The van der Waals surface area contributed by atoms with Gasteiger partial charge in [0.2, 0.25) is 0 Å². The van der Waals surface area contributed by atoms with Gasteiger partial charge in [0.25, 0.3) is 0 Å². The van der Waals surface area contributed by atoms with E-state index in [4.69, 9.17) is 9.47 Å². The molecule has 2 atom stereocenters. The van der Waals surface area contributed by atoms with Gasteiger partial charge in [0.1, 0.15) is 0 Å². The Labute approximate surface area is 121 Å². The zero-order valence-electron chi connectivity index (χ0n) is 12.6. The highest BCUT2D eigenvalue weighted by atomic mass is 16.5. The summed E-state index contributed by atoms with van der Waals surface area (Å²) in [5, 5.41) is 13.8. The van der Waals surface area contributed by atoms with E-state index in [1.807, 2.05) is 39.0 Å². The van der Waals surface area contributed by atoms with Gasteiger partial charge in [0, 0.05) is 12.1 Å². The molecule has 4 nitrogen and oxygen atoms in total. The van der Waals surface area contributed by atoms with Gasteiger partial charge < -0.3 is 19.9 Å². The first-order valence-corrected chi connectivity index (χ1v) is 7.49. The highest BCUT2D eigenvalue weighted by Crippen LogP contribution is 2.32. The summed E-state index contributed by atoms with van der Waals surface area (Å²) < 4.78 is 11.1. The largest absolute Gasteiger partial charge is 0.490 e. The van der Waals surface area contributed by atoms with Crippen LogP contribution in [0.1, 0.15) is 45.3 Å². The third kappa shape index (κ3) is 3.87. The number of hydrogen-bond acceptors (Lipinski definition) is 4. The van der Waals surface area contributed by atoms with Crippen LogP contribution in [0.4, 0.5) is 0 Å². The van der Waals surface area contributed by atoms with Gasteiger partial charge in [-0.2, -0.15) is 0 Å². The molecule has 0 aliphatic heterocycles. The Kier molecular flexibility index (Phi) is 5.26. The van der Waals surface area contributed by atoms with Gasteiger partial charge in [-0.3, -0.25) is 0 Å². The Hall–Kier alpha value is -1.26.